The number of halogens is 1. The monoisotopic (exact) mass is 358 g/mol. The molecule has 0 unspecified atom stereocenters. The van der Waals surface area contributed by atoms with Crippen molar-refractivity contribution in [2.75, 3.05) is 7.11 Å². The van der Waals surface area contributed by atoms with Crippen molar-refractivity contribution in [3.8, 4) is 0 Å². The molecule has 0 radical (unpaired) electrons. The first-order chi connectivity index (χ1) is 12.5. The highest BCUT2D eigenvalue weighted by Gasteiger charge is 2.19. The molecule has 7 heteroatoms. The van der Waals surface area contributed by atoms with Gasteiger partial charge >= 0.3 is 5.97 Å². The average molecular weight is 358 g/mol. The number of aryl methyl sites for hydroxylation is 1. The van der Waals surface area contributed by atoms with E-state index in [1.54, 1.807) is 37.3 Å². The number of rotatable bonds is 7. The van der Waals surface area contributed by atoms with E-state index in [-0.39, 0.29) is 12.3 Å². The summed E-state index contributed by atoms with van der Waals surface area (Å²) in [7, 11) is 1.27. The largest absolute Gasteiger partial charge is 0.476 e. The molecular formula is C19H19FN2O4. The van der Waals surface area contributed by atoms with Crippen LogP contribution < -0.4 is 0 Å². The number of carboxylic acids is 1. The maximum Gasteiger partial charge on any atom is 0.358 e. The number of nitrogens with zero attached hydrogens (tertiary/aromatic N) is 2. The number of hydrogen-bond donors (Lipinski definition) is 1. The number of carboxylic acid groups (broad SMARTS) is 1. The zero-order valence-corrected chi connectivity index (χ0v) is 14.7. The third-order valence-corrected chi connectivity index (χ3v) is 3.72. The highest BCUT2D eigenvalue weighted by atomic mass is 19.1. The summed E-state index contributed by atoms with van der Waals surface area (Å²) in [5, 5.41) is 16.9. The van der Waals surface area contributed by atoms with Gasteiger partial charge in [-0.3, -0.25) is 0 Å². The van der Waals surface area contributed by atoms with E-state index in [0.29, 0.717) is 22.4 Å². The standard InChI is InChI=1S/C19H19FN2O4/c1-12-7-6-9-15(18(19(23)24)22-25-3)16(12)11-26-21-13(2)14-8-4-5-10-17(14)20/h4-10H,11H2,1-3H3,(H,23,24)/b21-13+,22-18+. The van der Waals surface area contributed by atoms with Crippen LogP contribution in [0, 0.1) is 12.7 Å². The molecule has 0 atom stereocenters. The molecule has 6 nitrogen and oxygen atoms in total. The minimum atomic E-state index is -1.22. The van der Waals surface area contributed by atoms with Gasteiger partial charge in [0.1, 0.15) is 19.5 Å². The second-order valence-corrected chi connectivity index (χ2v) is 5.46. The zero-order valence-electron chi connectivity index (χ0n) is 14.7. The fourth-order valence-electron chi connectivity index (χ4n) is 2.41. The van der Waals surface area contributed by atoms with E-state index in [1.165, 1.54) is 13.2 Å². The minimum Gasteiger partial charge on any atom is -0.476 e. The molecule has 26 heavy (non-hydrogen) atoms. The molecule has 0 saturated heterocycles. The molecule has 2 aromatic carbocycles. The van der Waals surface area contributed by atoms with E-state index in [9.17, 15) is 14.3 Å². The fourth-order valence-corrected chi connectivity index (χ4v) is 2.41. The third-order valence-electron chi connectivity index (χ3n) is 3.72. The van der Waals surface area contributed by atoms with Crippen molar-refractivity contribution in [3.05, 3.63) is 70.5 Å². The summed E-state index contributed by atoms with van der Waals surface area (Å²) in [6, 6.07) is 11.4. The number of carbonyl (C=O) groups is 1. The quantitative estimate of drug-likeness (QED) is 0.607. The molecule has 2 rings (SSSR count). The lowest BCUT2D eigenvalue weighted by molar-refractivity contribution is -0.129. The Bertz CT molecular complexity index is 862. The highest BCUT2D eigenvalue weighted by Crippen LogP contribution is 2.18. The Morgan fingerprint density at radius 1 is 1.12 bits per heavy atom. The second kappa shape index (κ2) is 8.75. The van der Waals surface area contributed by atoms with Crippen molar-refractivity contribution in [2.45, 2.75) is 20.5 Å². The normalized spacial score (nSPS) is 12.0. The Morgan fingerprint density at radius 2 is 1.81 bits per heavy atom. The molecule has 0 heterocycles. The van der Waals surface area contributed by atoms with Gasteiger partial charge in [-0.25, -0.2) is 9.18 Å². The van der Waals surface area contributed by atoms with Crippen LogP contribution >= 0.6 is 0 Å². The summed E-state index contributed by atoms with van der Waals surface area (Å²) < 4.78 is 13.8. The van der Waals surface area contributed by atoms with Gasteiger partial charge in [-0.1, -0.05) is 46.7 Å². The predicted molar refractivity (Wildman–Crippen MR) is 95.8 cm³/mol. The van der Waals surface area contributed by atoms with E-state index in [1.807, 2.05) is 13.0 Å². The number of oxime groups is 2. The highest BCUT2D eigenvalue weighted by molar-refractivity contribution is 6.42. The SMILES string of the molecule is CO/N=C(/C(=O)O)c1cccc(C)c1CO/N=C(\C)c1ccccc1F. The van der Waals surface area contributed by atoms with Gasteiger partial charge in [0, 0.05) is 16.7 Å². The van der Waals surface area contributed by atoms with Gasteiger partial charge in [-0.2, -0.15) is 0 Å². The number of benzene rings is 2. The molecule has 0 aromatic heterocycles. The Kier molecular flexibility index (Phi) is 6.43. The molecular weight excluding hydrogens is 339 g/mol. The summed E-state index contributed by atoms with van der Waals surface area (Å²) in [6.07, 6.45) is 0. The molecule has 0 aliphatic rings. The molecule has 0 fully saturated rings. The Balaban J connectivity index is 2.28. The van der Waals surface area contributed by atoms with E-state index >= 15 is 0 Å². The number of hydrogen-bond acceptors (Lipinski definition) is 5. The Morgan fingerprint density at radius 3 is 2.46 bits per heavy atom. The van der Waals surface area contributed by atoms with E-state index in [2.05, 4.69) is 15.1 Å². The van der Waals surface area contributed by atoms with Crippen LogP contribution in [0.2, 0.25) is 0 Å². The lowest BCUT2D eigenvalue weighted by Gasteiger charge is -2.11. The van der Waals surface area contributed by atoms with Crippen LogP contribution in [0.25, 0.3) is 0 Å². The van der Waals surface area contributed by atoms with Crippen LogP contribution in [0.4, 0.5) is 4.39 Å². The van der Waals surface area contributed by atoms with Crippen molar-refractivity contribution in [1.29, 1.82) is 0 Å². The van der Waals surface area contributed by atoms with Crippen LogP contribution in [-0.2, 0) is 21.1 Å². The first-order valence-corrected chi connectivity index (χ1v) is 7.80. The van der Waals surface area contributed by atoms with Crippen LogP contribution in [0.5, 0.6) is 0 Å². The average Bonchev–Trinajstić information content (AvgIpc) is 2.61. The smallest absolute Gasteiger partial charge is 0.358 e. The van der Waals surface area contributed by atoms with Crippen LogP contribution in [0.1, 0.15) is 29.2 Å². The first-order valence-electron chi connectivity index (χ1n) is 7.80. The maximum absolute atomic E-state index is 13.8. The van der Waals surface area contributed by atoms with Gasteiger partial charge in [0.15, 0.2) is 5.71 Å². The van der Waals surface area contributed by atoms with Crippen molar-refractivity contribution >= 4 is 17.4 Å². The molecule has 0 bridgehead atoms. The Hall–Kier alpha value is -3.22. The van der Waals surface area contributed by atoms with Crippen LogP contribution in [0.15, 0.2) is 52.8 Å². The van der Waals surface area contributed by atoms with Crippen molar-refractivity contribution < 1.29 is 24.0 Å². The van der Waals surface area contributed by atoms with Crippen molar-refractivity contribution in [2.24, 2.45) is 10.3 Å². The molecule has 0 aliphatic carbocycles. The fraction of sp³-hybridized carbons (Fsp3) is 0.211. The third kappa shape index (κ3) is 4.44. The van der Waals surface area contributed by atoms with Gasteiger partial charge < -0.3 is 14.8 Å². The van der Waals surface area contributed by atoms with Crippen molar-refractivity contribution in [1.82, 2.24) is 0 Å². The van der Waals surface area contributed by atoms with E-state index in [4.69, 9.17) is 4.84 Å². The van der Waals surface area contributed by atoms with Crippen LogP contribution in [-0.4, -0.2) is 29.6 Å². The molecule has 136 valence electrons. The minimum absolute atomic E-state index is 0.00378. The van der Waals surface area contributed by atoms with Gasteiger partial charge in [0.05, 0.1) is 5.71 Å². The molecule has 0 amide bonds. The molecule has 1 N–H and O–H groups in total. The van der Waals surface area contributed by atoms with Gasteiger partial charge in [0.2, 0.25) is 0 Å². The summed E-state index contributed by atoms with van der Waals surface area (Å²) in [5.41, 5.74) is 2.27. The van der Waals surface area contributed by atoms with Gasteiger partial charge in [0.25, 0.3) is 0 Å². The summed E-state index contributed by atoms with van der Waals surface area (Å²) in [5.74, 6) is -1.61. The molecule has 0 spiro atoms. The zero-order chi connectivity index (χ0) is 19.1. The van der Waals surface area contributed by atoms with Crippen molar-refractivity contribution in [3.63, 3.8) is 0 Å². The Labute approximate surface area is 150 Å². The predicted octanol–water partition coefficient (Wildman–Crippen LogP) is 3.51. The first kappa shape index (κ1) is 19.1. The summed E-state index contributed by atoms with van der Waals surface area (Å²) in [4.78, 5) is 21.4. The lowest BCUT2D eigenvalue weighted by Crippen LogP contribution is -2.18. The maximum atomic E-state index is 13.8. The lowest BCUT2D eigenvalue weighted by atomic mass is 9.99. The summed E-state index contributed by atoms with van der Waals surface area (Å²) >= 11 is 0. The molecule has 0 saturated carbocycles. The summed E-state index contributed by atoms with van der Waals surface area (Å²) in [6.45, 7) is 3.46. The van der Waals surface area contributed by atoms with E-state index < -0.39 is 11.8 Å². The molecule has 0 aliphatic heterocycles. The van der Waals surface area contributed by atoms with Gasteiger partial charge in [-0.05, 0) is 25.5 Å². The number of aliphatic carboxylic acids is 1. The van der Waals surface area contributed by atoms with Gasteiger partial charge in [-0.15, -0.1) is 0 Å². The van der Waals surface area contributed by atoms with Crippen LogP contribution in [0.3, 0.4) is 0 Å². The topological polar surface area (TPSA) is 80.5 Å². The molecule has 2 aromatic rings. The van der Waals surface area contributed by atoms with E-state index in [0.717, 1.165) is 5.56 Å². The second-order valence-electron chi connectivity index (χ2n) is 5.46.